The topological polar surface area (TPSA) is 24.5 Å². The van der Waals surface area contributed by atoms with Crippen molar-refractivity contribution in [3.8, 4) is 0 Å². The molecule has 3 rings (SSSR count). The molecule has 0 aromatic heterocycles. The third-order valence-electron chi connectivity index (χ3n) is 4.46. The van der Waals surface area contributed by atoms with Crippen LogP contribution in [-0.2, 0) is 4.74 Å². The van der Waals surface area contributed by atoms with Crippen LogP contribution >= 0.6 is 15.9 Å². The fraction of sp³-hybridized carbons (Fsp3) is 0.625. The van der Waals surface area contributed by atoms with Gasteiger partial charge in [0.05, 0.1) is 12.7 Å². The molecule has 0 saturated carbocycles. The van der Waals surface area contributed by atoms with Crippen molar-refractivity contribution < 1.29 is 4.74 Å². The summed E-state index contributed by atoms with van der Waals surface area (Å²) in [6, 6.07) is 9.54. The number of rotatable bonds is 4. The Morgan fingerprint density at radius 2 is 2.40 bits per heavy atom. The smallest absolute Gasteiger partial charge is 0.0827 e. The average Bonchev–Trinajstić information content (AvgIpc) is 2.92. The quantitative estimate of drug-likeness (QED) is 0.913. The van der Waals surface area contributed by atoms with Crippen molar-refractivity contribution >= 4 is 15.9 Å². The van der Waals surface area contributed by atoms with E-state index in [0.717, 1.165) is 24.2 Å². The van der Waals surface area contributed by atoms with Crippen molar-refractivity contribution in [1.29, 1.82) is 0 Å². The minimum atomic E-state index is 0.332. The Morgan fingerprint density at radius 1 is 1.50 bits per heavy atom. The second-order valence-electron chi connectivity index (χ2n) is 5.93. The maximum atomic E-state index is 5.99. The molecule has 2 heterocycles. The summed E-state index contributed by atoms with van der Waals surface area (Å²) >= 11 is 3.53. The normalized spacial score (nSPS) is 28.3. The first-order valence-electron chi connectivity index (χ1n) is 7.57. The maximum Gasteiger partial charge on any atom is 0.0827 e. The molecule has 0 spiro atoms. The zero-order valence-electron chi connectivity index (χ0n) is 12.0. The van der Waals surface area contributed by atoms with Gasteiger partial charge in [0, 0.05) is 29.6 Å². The summed E-state index contributed by atoms with van der Waals surface area (Å²) in [6.45, 7) is 6.40. The Hall–Kier alpha value is -0.420. The second-order valence-corrected chi connectivity index (χ2v) is 6.85. The van der Waals surface area contributed by atoms with Crippen LogP contribution in [0.4, 0.5) is 0 Å². The number of hydrogen-bond donors (Lipinski definition) is 1. The third kappa shape index (κ3) is 3.42. The van der Waals surface area contributed by atoms with Crippen LogP contribution in [0, 0.1) is 0 Å². The number of fused-ring (bicyclic) bond motifs is 1. The van der Waals surface area contributed by atoms with Gasteiger partial charge in [0.1, 0.15) is 0 Å². The van der Waals surface area contributed by atoms with Gasteiger partial charge in [0.2, 0.25) is 0 Å². The van der Waals surface area contributed by atoms with Crippen LogP contribution in [0.5, 0.6) is 0 Å². The molecule has 2 aliphatic rings. The lowest BCUT2D eigenvalue weighted by atomic mass is 10.1. The van der Waals surface area contributed by atoms with E-state index in [0.29, 0.717) is 18.2 Å². The largest absolute Gasteiger partial charge is 0.374 e. The lowest BCUT2D eigenvalue weighted by Crippen LogP contribution is -2.49. The highest BCUT2D eigenvalue weighted by molar-refractivity contribution is 9.10. The lowest BCUT2D eigenvalue weighted by Gasteiger charge is -2.35. The van der Waals surface area contributed by atoms with E-state index in [1.54, 1.807) is 0 Å². The van der Waals surface area contributed by atoms with Gasteiger partial charge in [-0.3, -0.25) is 4.90 Å². The van der Waals surface area contributed by atoms with E-state index in [2.05, 4.69) is 57.3 Å². The number of ether oxygens (including phenoxy) is 1. The van der Waals surface area contributed by atoms with Crippen LogP contribution in [0.3, 0.4) is 0 Å². The Kier molecular flexibility index (Phi) is 4.76. The molecular weight excluding hydrogens is 316 g/mol. The molecule has 1 aromatic carbocycles. The molecule has 0 radical (unpaired) electrons. The minimum absolute atomic E-state index is 0.332. The van der Waals surface area contributed by atoms with Gasteiger partial charge in [0.25, 0.3) is 0 Å². The van der Waals surface area contributed by atoms with E-state index >= 15 is 0 Å². The van der Waals surface area contributed by atoms with E-state index in [4.69, 9.17) is 4.74 Å². The van der Waals surface area contributed by atoms with Crippen molar-refractivity contribution in [2.75, 3.05) is 26.2 Å². The van der Waals surface area contributed by atoms with Gasteiger partial charge in [-0.15, -0.1) is 0 Å². The number of nitrogens with one attached hydrogen (secondary N) is 1. The average molecular weight is 339 g/mol. The first kappa shape index (κ1) is 14.5. The molecule has 20 heavy (non-hydrogen) atoms. The van der Waals surface area contributed by atoms with Crippen molar-refractivity contribution in [2.45, 2.75) is 38.0 Å². The van der Waals surface area contributed by atoms with Crippen molar-refractivity contribution in [1.82, 2.24) is 10.2 Å². The van der Waals surface area contributed by atoms with Gasteiger partial charge in [-0.05, 0) is 44.0 Å². The molecule has 1 N–H and O–H groups in total. The van der Waals surface area contributed by atoms with Crippen LogP contribution in [0.2, 0.25) is 0 Å². The minimum Gasteiger partial charge on any atom is -0.374 e. The highest BCUT2D eigenvalue weighted by Gasteiger charge is 2.32. The van der Waals surface area contributed by atoms with Gasteiger partial charge in [-0.1, -0.05) is 28.1 Å². The van der Waals surface area contributed by atoms with Crippen molar-refractivity contribution in [3.63, 3.8) is 0 Å². The molecule has 110 valence electrons. The Bertz CT molecular complexity index is 454. The highest BCUT2D eigenvalue weighted by atomic mass is 79.9. The number of nitrogens with zero attached hydrogens (tertiary/aromatic N) is 1. The number of halogens is 1. The van der Waals surface area contributed by atoms with E-state index in [1.807, 2.05) is 0 Å². The molecular formula is C16H23BrN2O. The standard InChI is InChI=1S/C16H23BrN2O/c1-12(13-4-2-5-14(17)8-13)18-9-16-10-19-7-3-6-15(19)11-20-16/h2,4-5,8,12,15-16,18H,3,6-7,9-11H2,1H3. The predicted octanol–water partition coefficient (Wildman–Crippen LogP) is 2.96. The molecule has 3 atom stereocenters. The van der Waals surface area contributed by atoms with Gasteiger partial charge in [-0.2, -0.15) is 0 Å². The van der Waals surface area contributed by atoms with Crippen LogP contribution < -0.4 is 5.32 Å². The number of morpholine rings is 1. The molecule has 2 aliphatic heterocycles. The number of hydrogen-bond acceptors (Lipinski definition) is 3. The molecule has 2 saturated heterocycles. The molecule has 1 aromatic rings. The summed E-state index contributed by atoms with van der Waals surface area (Å²) in [4.78, 5) is 2.60. The summed E-state index contributed by atoms with van der Waals surface area (Å²) in [7, 11) is 0. The van der Waals surface area contributed by atoms with Crippen molar-refractivity contribution in [3.05, 3.63) is 34.3 Å². The van der Waals surface area contributed by atoms with Crippen LogP contribution in [0.25, 0.3) is 0 Å². The lowest BCUT2D eigenvalue weighted by molar-refractivity contribution is -0.0477. The van der Waals surface area contributed by atoms with Crippen LogP contribution in [0.1, 0.15) is 31.4 Å². The molecule has 3 unspecified atom stereocenters. The first-order valence-corrected chi connectivity index (χ1v) is 8.36. The molecule has 0 amide bonds. The van der Waals surface area contributed by atoms with Crippen LogP contribution in [-0.4, -0.2) is 43.3 Å². The zero-order valence-corrected chi connectivity index (χ0v) is 13.6. The summed E-state index contributed by atoms with van der Waals surface area (Å²) in [5.41, 5.74) is 1.31. The van der Waals surface area contributed by atoms with Crippen LogP contribution in [0.15, 0.2) is 28.7 Å². The Labute approximate surface area is 129 Å². The van der Waals surface area contributed by atoms with Gasteiger partial charge in [-0.25, -0.2) is 0 Å². The third-order valence-corrected chi connectivity index (χ3v) is 4.96. The van der Waals surface area contributed by atoms with E-state index in [1.165, 1.54) is 24.9 Å². The van der Waals surface area contributed by atoms with Gasteiger partial charge in [0.15, 0.2) is 0 Å². The fourth-order valence-electron chi connectivity index (χ4n) is 3.21. The van der Waals surface area contributed by atoms with Gasteiger partial charge < -0.3 is 10.1 Å². The second kappa shape index (κ2) is 6.56. The summed E-state index contributed by atoms with van der Waals surface area (Å²) in [5.74, 6) is 0. The predicted molar refractivity (Wildman–Crippen MR) is 84.9 cm³/mol. The van der Waals surface area contributed by atoms with Crippen molar-refractivity contribution in [2.24, 2.45) is 0 Å². The number of benzene rings is 1. The SMILES string of the molecule is CC(NCC1CN2CCCC2CO1)c1cccc(Br)c1. The fourth-order valence-corrected chi connectivity index (χ4v) is 3.63. The van der Waals surface area contributed by atoms with E-state index in [9.17, 15) is 0 Å². The maximum absolute atomic E-state index is 5.99. The highest BCUT2D eigenvalue weighted by Crippen LogP contribution is 2.23. The van der Waals surface area contributed by atoms with Gasteiger partial charge >= 0.3 is 0 Å². The Morgan fingerprint density at radius 3 is 3.25 bits per heavy atom. The first-order chi connectivity index (χ1) is 9.72. The summed E-state index contributed by atoms with van der Waals surface area (Å²) in [5, 5.41) is 3.60. The molecule has 2 fully saturated rings. The zero-order chi connectivity index (χ0) is 13.9. The molecule has 3 nitrogen and oxygen atoms in total. The van der Waals surface area contributed by atoms with E-state index < -0.39 is 0 Å². The summed E-state index contributed by atoms with van der Waals surface area (Å²) in [6.07, 6.45) is 2.98. The molecule has 4 heteroatoms. The van der Waals surface area contributed by atoms with E-state index in [-0.39, 0.29) is 0 Å². The molecule has 0 bridgehead atoms. The Balaban J connectivity index is 1.49. The monoisotopic (exact) mass is 338 g/mol. The summed E-state index contributed by atoms with van der Waals surface area (Å²) < 4.78 is 7.12. The molecule has 0 aliphatic carbocycles.